The first-order chi connectivity index (χ1) is 9.18. The lowest BCUT2D eigenvalue weighted by Gasteiger charge is -2.16. The topological polar surface area (TPSA) is 59.0 Å². The number of rotatable bonds is 10. The van der Waals surface area contributed by atoms with Gasteiger partial charge in [0.1, 0.15) is 6.61 Å². The fourth-order valence-electron chi connectivity index (χ4n) is 1.57. The van der Waals surface area contributed by atoms with Crippen molar-refractivity contribution < 1.29 is 19.4 Å². The van der Waals surface area contributed by atoms with Crippen LogP contribution in [0.15, 0.2) is 30.3 Å². The van der Waals surface area contributed by atoms with Crippen LogP contribution >= 0.6 is 0 Å². The second kappa shape index (κ2) is 9.49. The summed E-state index contributed by atoms with van der Waals surface area (Å²) >= 11 is 0. The van der Waals surface area contributed by atoms with Gasteiger partial charge in [-0.2, -0.15) is 0 Å². The highest BCUT2D eigenvalue weighted by Gasteiger charge is 2.00. The van der Waals surface area contributed by atoms with Crippen molar-refractivity contribution in [2.45, 2.75) is 6.54 Å². The van der Waals surface area contributed by atoms with Crippen LogP contribution in [0.5, 0.6) is 0 Å². The first-order valence-electron chi connectivity index (χ1n) is 6.28. The summed E-state index contributed by atoms with van der Waals surface area (Å²) in [5, 5.41) is 8.36. The second-order valence-electron chi connectivity index (χ2n) is 4.28. The third-order valence-electron chi connectivity index (χ3n) is 2.51. The molecule has 0 aromatic heterocycles. The van der Waals surface area contributed by atoms with Gasteiger partial charge in [0, 0.05) is 13.1 Å². The maximum Gasteiger partial charge on any atom is 0.329 e. The largest absolute Gasteiger partial charge is 0.480 e. The van der Waals surface area contributed by atoms with Crippen LogP contribution in [0.2, 0.25) is 0 Å². The highest BCUT2D eigenvalue weighted by molar-refractivity contribution is 5.67. The van der Waals surface area contributed by atoms with Gasteiger partial charge in [-0.3, -0.25) is 4.90 Å². The van der Waals surface area contributed by atoms with E-state index < -0.39 is 5.97 Å². The monoisotopic (exact) mass is 267 g/mol. The summed E-state index contributed by atoms with van der Waals surface area (Å²) in [6, 6.07) is 10.2. The molecule has 0 unspecified atom stereocenters. The Balaban J connectivity index is 1.99. The van der Waals surface area contributed by atoms with Gasteiger partial charge in [0.15, 0.2) is 0 Å². The Kier molecular flexibility index (Phi) is 7.81. The SMILES string of the molecule is CN(CCOCCOCC(=O)O)Cc1ccccc1. The van der Waals surface area contributed by atoms with Crippen molar-refractivity contribution in [1.29, 1.82) is 0 Å². The van der Waals surface area contributed by atoms with Crippen LogP contribution < -0.4 is 0 Å². The maximum absolute atomic E-state index is 10.2. The number of nitrogens with zero attached hydrogens (tertiary/aromatic N) is 1. The van der Waals surface area contributed by atoms with E-state index >= 15 is 0 Å². The molecule has 106 valence electrons. The summed E-state index contributed by atoms with van der Waals surface area (Å²) < 4.78 is 10.2. The van der Waals surface area contributed by atoms with E-state index in [2.05, 4.69) is 17.0 Å². The predicted molar refractivity (Wildman–Crippen MR) is 72.0 cm³/mol. The minimum atomic E-state index is -0.956. The van der Waals surface area contributed by atoms with Gasteiger partial charge in [0.2, 0.25) is 0 Å². The van der Waals surface area contributed by atoms with Gasteiger partial charge < -0.3 is 14.6 Å². The first kappa shape index (κ1) is 15.6. The van der Waals surface area contributed by atoms with Crippen molar-refractivity contribution in [2.75, 3.05) is 40.0 Å². The molecule has 19 heavy (non-hydrogen) atoms. The molecular weight excluding hydrogens is 246 g/mol. The predicted octanol–water partition coefficient (Wildman–Crippen LogP) is 1.24. The Morgan fingerprint density at radius 1 is 1.16 bits per heavy atom. The summed E-state index contributed by atoms with van der Waals surface area (Å²) in [7, 11) is 2.04. The molecule has 0 radical (unpaired) electrons. The average molecular weight is 267 g/mol. The molecule has 0 atom stereocenters. The zero-order chi connectivity index (χ0) is 13.9. The zero-order valence-corrected chi connectivity index (χ0v) is 11.2. The minimum absolute atomic E-state index is 0.267. The summed E-state index contributed by atoms with van der Waals surface area (Å²) in [4.78, 5) is 12.4. The number of benzene rings is 1. The van der Waals surface area contributed by atoms with E-state index in [0.29, 0.717) is 19.8 Å². The van der Waals surface area contributed by atoms with Gasteiger partial charge in [-0.1, -0.05) is 30.3 Å². The molecule has 1 aromatic rings. The molecule has 0 spiro atoms. The summed E-state index contributed by atoms with van der Waals surface area (Å²) in [5.41, 5.74) is 1.27. The standard InChI is InChI=1S/C14H21NO4/c1-15(11-13-5-3-2-4-6-13)7-8-18-9-10-19-12-14(16)17/h2-6H,7-12H2,1H3,(H,16,17). The molecule has 0 fully saturated rings. The van der Waals surface area contributed by atoms with Gasteiger partial charge in [-0.05, 0) is 12.6 Å². The van der Waals surface area contributed by atoms with Gasteiger partial charge in [-0.25, -0.2) is 4.79 Å². The summed E-state index contributed by atoms with van der Waals surface area (Å²) in [6.45, 7) is 2.80. The van der Waals surface area contributed by atoms with Crippen molar-refractivity contribution in [3.8, 4) is 0 Å². The van der Waals surface area contributed by atoms with Crippen molar-refractivity contribution in [1.82, 2.24) is 4.90 Å². The van der Waals surface area contributed by atoms with E-state index in [1.165, 1.54) is 5.56 Å². The third-order valence-corrected chi connectivity index (χ3v) is 2.51. The second-order valence-corrected chi connectivity index (χ2v) is 4.28. The quantitative estimate of drug-likeness (QED) is 0.646. The number of hydrogen-bond donors (Lipinski definition) is 1. The van der Waals surface area contributed by atoms with Crippen LogP contribution in [-0.2, 0) is 20.8 Å². The molecule has 0 amide bonds. The third kappa shape index (κ3) is 8.31. The lowest BCUT2D eigenvalue weighted by Crippen LogP contribution is -2.23. The van der Waals surface area contributed by atoms with Crippen LogP contribution in [0, 0.1) is 0 Å². The average Bonchev–Trinajstić information content (AvgIpc) is 2.38. The number of hydrogen-bond acceptors (Lipinski definition) is 4. The van der Waals surface area contributed by atoms with Crippen LogP contribution in [0.25, 0.3) is 0 Å². The molecule has 0 heterocycles. The molecule has 1 N–H and O–H groups in total. The highest BCUT2D eigenvalue weighted by atomic mass is 16.5. The smallest absolute Gasteiger partial charge is 0.329 e. The van der Waals surface area contributed by atoms with Gasteiger partial charge in [-0.15, -0.1) is 0 Å². The fourth-order valence-corrected chi connectivity index (χ4v) is 1.57. The maximum atomic E-state index is 10.2. The van der Waals surface area contributed by atoms with Crippen LogP contribution in [0.1, 0.15) is 5.56 Å². The highest BCUT2D eigenvalue weighted by Crippen LogP contribution is 2.01. The Morgan fingerprint density at radius 3 is 2.53 bits per heavy atom. The van der Waals surface area contributed by atoms with Crippen LogP contribution in [0.4, 0.5) is 0 Å². The Morgan fingerprint density at radius 2 is 1.84 bits per heavy atom. The fraction of sp³-hybridized carbons (Fsp3) is 0.500. The molecule has 0 aliphatic heterocycles. The zero-order valence-electron chi connectivity index (χ0n) is 11.2. The molecule has 0 aliphatic carbocycles. The molecule has 0 bridgehead atoms. The molecule has 0 saturated carbocycles. The van der Waals surface area contributed by atoms with E-state index in [4.69, 9.17) is 14.6 Å². The Bertz CT molecular complexity index is 356. The number of carbonyl (C=O) groups is 1. The van der Waals surface area contributed by atoms with Crippen molar-refractivity contribution in [2.24, 2.45) is 0 Å². The molecular formula is C14H21NO4. The van der Waals surface area contributed by atoms with Crippen LogP contribution in [-0.4, -0.2) is 56.0 Å². The van der Waals surface area contributed by atoms with Gasteiger partial charge >= 0.3 is 5.97 Å². The number of aliphatic carboxylic acids is 1. The van der Waals surface area contributed by atoms with E-state index in [-0.39, 0.29) is 6.61 Å². The van der Waals surface area contributed by atoms with Crippen LogP contribution in [0.3, 0.4) is 0 Å². The van der Waals surface area contributed by atoms with E-state index in [1.807, 2.05) is 25.2 Å². The van der Waals surface area contributed by atoms with E-state index in [9.17, 15) is 4.79 Å². The lowest BCUT2D eigenvalue weighted by atomic mass is 10.2. The van der Waals surface area contributed by atoms with E-state index in [1.54, 1.807) is 0 Å². The molecule has 0 saturated heterocycles. The number of ether oxygens (including phenoxy) is 2. The normalized spacial score (nSPS) is 10.8. The van der Waals surface area contributed by atoms with Crippen molar-refractivity contribution in [3.63, 3.8) is 0 Å². The summed E-state index contributed by atoms with van der Waals surface area (Å²) in [6.07, 6.45) is 0. The molecule has 1 rings (SSSR count). The first-order valence-corrected chi connectivity index (χ1v) is 6.28. The van der Waals surface area contributed by atoms with E-state index in [0.717, 1.165) is 13.1 Å². The minimum Gasteiger partial charge on any atom is -0.480 e. The summed E-state index contributed by atoms with van der Waals surface area (Å²) in [5.74, 6) is -0.956. The Labute approximate surface area is 113 Å². The lowest BCUT2D eigenvalue weighted by molar-refractivity contribution is -0.142. The Hall–Kier alpha value is -1.43. The molecule has 0 aliphatic rings. The van der Waals surface area contributed by atoms with Crippen molar-refractivity contribution >= 4 is 5.97 Å². The van der Waals surface area contributed by atoms with Crippen molar-refractivity contribution in [3.05, 3.63) is 35.9 Å². The van der Waals surface area contributed by atoms with Gasteiger partial charge in [0.25, 0.3) is 0 Å². The number of likely N-dealkylation sites (N-methyl/N-ethyl adjacent to an activating group) is 1. The molecule has 5 heteroatoms. The molecule has 5 nitrogen and oxygen atoms in total. The van der Waals surface area contributed by atoms with Gasteiger partial charge in [0.05, 0.1) is 19.8 Å². The molecule has 1 aromatic carbocycles. The number of carboxylic acid groups (broad SMARTS) is 1. The number of carboxylic acids is 1.